The van der Waals surface area contributed by atoms with E-state index in [1.807, 2.05) is 6.20 Å². The number of hydrogen-bond donors (Lipinski definition) is 4. The summed E-state index contributed by atoms with van der Waals surface area (Å²) in [5, 5.41) is 22.8. The molecule has 0 radical (unpaired) electrons. The summed E-state index contributed by atoms with van der Waals surface area (Å²) < 4.78 is 0. The Bertz CT molecular complexity index is 491. The molecule has 1 aromatic heterocycles. The fourth-order valence-corrected chi connectivity index (χ4v) is 3.88. The van der Waals surface area contributed by atoms with Crippen LogP contribution in [0.3, 0.4) is 0 Å². The minimum absolute atomic E-state index is 0.114. The van der Waals surface area contributed by atoms with Crippen molar-refractivity contribution in [3.05, 3.63) is 18.2 Å². The Morgan fingerprint density at radius 1 is 1.41 bits per heavy atom. The highest BCUT2D eigenvalue weighted by Crippen LogP contribution is 2.39. The second-order valence-corrected chi connectivity index (χ2v) is 6.90. The molecule has 1 unspecified atom stereocenters. The van der Waals surface area contributed by atoms with Crippen LogP contribution < -0.4 is 5.32 Å². The number of carbonyl (C=O) groups is 1. The fourth-order valence-electron chi connectivity index (χ4n) is 3.88. The molecule has 122 valence electrons. The number of nitrogens with one attached hydrogen (secondary N) is 2. The summed E-state index contributed by atoms with van der Waals surface area (Å²) in [4.78, 5) is 18.5. The third kappa shape index (κ3) is 3.33. The van der Waals surface area contributed by atoms with Gasteiger partial charge in [-0.2, -0.15) is 0 Å². The first-order valence-electron chi connectivity index (χ1n) is 8.25. The van der Waals surface area contributed by atoms with Crippen LogP contribution in [0.15, 0.2) is 12.4 Å². The maximum absolute atomic E-state index is 10.9. The molecule has 1 aromatic rings. The van der Waals surface area contributed by atoms with E-state index in [2.05, 4.69) is 15.3 Å². The number of rotatable bonds is 6. The number of aliphatic hydroxyl groups is 1. The van der Waals surface area contributed by atoms with Crippen molar-refractivity contribution in [1.82, 2.24) is 15.3 Å². The molecule has 2 aliphatic carbocycles. The first-order valence-corrected chi connectivity index (χ1v) is 8.25. The number of carboxylic acid groups (broad SMARTS) is 1. The summed E-state index contributed by atoms with van der Waals surface area (Å²) in [6, 6.07) is 0.114. The van der Waals surface area contributed by atoms with Gasteiger partial charge >= 0.3 is 5.97 Å². The van der Waals surface area contributed by atoms with Crippen LogP contribution in [0.25, 0.3) is 0 Å². The molecule has 0 aromatic carbocycles. The highest BCUT2D eigenvalue weighted by molar-refractivity contribution is 5.71. The standard InChI is InChI=1S/C16H25N3O3/c20-15(21)12-8-16(22,9-12)10-19-13(14-17-6-7-18-14)11-4-2-1-3-5-11/h6-7,11-13,19,22H,1-5,8-10H2,(H,17,18)(H,20,21). The fraction of sp³-hybridized carbons (Fsp3) is 0.750. The third-order valence-corrected chi connectivity index (χ3v) is 5.19. The van der Waals surface area contributed by atoms with Gasteiger partial charge in [0.25, 0.3) is 0 Å². The average Bonchev–Trinajstić information content (AvgIpc) is 3.00. The second-order valence-electron chi connectivity index (χ2n) is 6.90. The zero-order chi connectivity index (χ0) is 15.6. The lowest BCUT2D eigenvalue weighted by Crippen LogP contribution is -2.54. The Morgan fingerprint density at radius 2 is 2.14 bits per heavy atom. The Labute approximate surface area is 130 Å². The Balaban J connectivity index is 1.60. The van der Waals surface area contributed by atoms with Crippen molar-refractivity contribution in [3.63, 3.8) is 0 Å². The largest absolute Gasteiger partial charge is 0.481 e. The monoisotopic (exact) mass is 307 g/mol. The first-order chi connectivity index (χ1) is 10.6. The average molecular weight is 307 g/mol. The van der Waals surface area contributed by atoms with Crippen LogP contribution >= 0.6 is 0 Å². The lowest BCUT2D eigenvalue weighted by molar-refractivity contribution is -0.157. The molecule has 2 fully saturated rings. The minimum atomic E-state index is -0.886. The van der Waals surface area contributed by atoms with Crippen molar-refractivity contribution >= 4 is 5.97 Å². The number of aromatic nitrogens is 2. The van der Waals surface area contributed by atoms with E-state index in [1.54, 1.807) is 6.20 Å². The van der Waals surface area contributed by atoms with Crippen LogP contribution in [-0.4, -0.2) is 38.3 Å². The lowest BCUT2D eigenvalue weighted by Gasteiger charge is -2.43. The lowest BCUT2D eigenvalue weighted by atomic mass is 9.70. The van der Waals surface area contributed by atoms with Gasteiger partial charge in [0.15, 0.2) is 0 Å². The topological polar surface area (TPSA) is 98.2 Å². The van der Waals surface area contributed by atoms with Crippen LogP contribution in [0.2, 0.25) is 0 Å². The Kier molecular flexibility index (Phi) is 4.49. The predicted molar refractivity (Wildman–Crippen MR) is 81.2 cm³/mol. The zero-order valence-electron chi connectivity index (χ0n) is 12.8. The van der Waals surface area contributed by atoms with Gasteiger partial charge in [0.2, 0.25) is 0 Å². The second kappa shape index (κ2) is 6.38. The molecule has 0 aliphatic heterocycles. The van der Waals surface area contributed by atoms with Crippen LogP contribution in [0, 0.1) is 11.8 Å². The number of nitrogens with zero attached hydrogens (tertiary/aromatic N) is 1. The predicted octanol–water partition coefficient (Wildman–Crippen LogP) is 1.85. The molecule has 22 heavy (non-hydrogen) atoms. The van der Waals surface area contributed by atoms with E-state index in [-0.39, 0.29) is 6.04 Å². The number of H-pyrrole nitrogens is 1. The maximum atomic E-state index is 10.9. The van der Waals surface area contributed by atoms with E-state index in [0.29, 0.717) is 25.3 Å². The molecule has 1 atom stereocenters. The van der Waals surface area contributed by atoms with Gasteiger partial charge in [-0.25, -0.2) is 4.98 Å². The molecule has 3 rings (SSSR count). The minimum Gasteiger partial charge on any atom is -0.481 e. The van der Waals surface area contributed by atoms with E-state index in [4.69, 9.17) is 5.11 Å². The van der Waals surface area contributed by atoms with Crippen molar-refractivity contribution in [2.75, 3.05) is 6.54 Å². The number of hydrogen-bond acceptors (Lipinski definition) is 4. The molecule has 1 heterocycles. The summed E-state index contributed by atoms with van der Waals surface area (Å²) in [6.07, 6.45) is 10.4. The molecule has 6 heteroatoms. The van der Waals surface area contributed by atoms with E-state index < -0.39 is 17.5 Å². The van der Waals surface area contributed by atoms with Crippen LogP contribution in [-0.2, 0) is 4.79 Å². The molecular formula is C16H25N3O3. The number of imidazole rings is 1. The molecule has 2 saturated carbocycles. The molecule has 0 spiro atoms. The van der Waals surface area contributed by atoms with Gasteiger partial charge < -0.3 is 20.5 Å². The first kappa shape index (κ1) is 15.5. The van der Waals surface area contributed by atoms with Gasteiger partial charge in [-0.3, -0.25) is 4.79 Å². The molecule has 6 nitrogen and oxygen atoms in total. The van der Waals surface area contributed by atoms with E-state index in [1.165, 1.54) is 32.1 Å². The molecular weight excluding hydrogens is 282 g/mol. The van der Waals surface area contributed by atoms with E-state index in [0.717, 1.165) is 5.82 Å². The molecule has 0 bridgehead atoms. The number of carboxylic acids is 1. The Morgan fingerprint density at radius 3 is 2.73 bits per heavy atom. The summed E-state index contributed by atoms with van der Waals surface area (Å²) in [6.45, 7) is 0.429. The molecule has 0 amide bonds. The van der Waals surface area contributed by atoms with Gasteiger partial charge in [0.1, 0.15) is 5.82 Å². The quantitative estimate of drug-likeness (QED) is 0.643. The van der Waals surface area contributed by atoms with Gasteiger partial charge in [-0.1, -0.05) is 19.3 Å². The highest BCUT2D eigenvalue weighted by Gasteiger charge is 2.46. The maximum Gasteiger partial charge on any atom is 0.306 e. The number of aromatic amines is 1. The summed E-state index contributed by atoms with van der Waals surface area (Å²) in [5.74, 6) is 0.242. The summed E-state index contributed by atoms with van der Waals surface area (Å²) in [7, 11) is 0. The van der Waals surface area contributed by atoms with Crippen molar-refractivity contribution in [2.24, 2.45) is 11.8 Å². The van der Waals surface area contributed by atoms with Gasteiger partial charge in [0.05, 0.1) is 17.6 Å². The van der Waals surface area contributed by atoms with Crippen molar-refractivity contribution in [3.8, 4) is 0 Å². The van der Waals surface area contributed by atoms with Crippen LogP contribution in [0.1, 0.15) is 56.8 Å². The van der Waals surface area contributed by atoms with Gasteiger partial charge in [-0.05, 0) is 31.6 Å². The van der Waals surface area contributed by atoms with Crippen LogP contribution in [0.4, 0.5) is 0 Å². The summed E-state index contributed by atoms with van der Waals surface area (Å²) >= 11 is 0. The normalized spacial score (nSPS) is 30.7. The number of aliphatic carboxylic acids is 1. The SMILES string of the molecule is O=C(O)C1CC(O)(CNC(c2ncc[nH]2)C2CCCCC2)C1. The molecule has 0 saturated heterocycles. The summed E-state index contributed by atoms with van der Waals surface area (Å²) in [5.41, 5.74) is -0.886. The zero-order valence-corrected chi connectivity index (χ0v) is 12.8. The van der Waals surface area contributed by atoms with Gasteiger partial charge in [-0.15, -0.1) is 0 Å². The molecule has 4 N–H and O–H groups in total. The van der Waals surface area contributed by atoms with Crippen LogP contribution in [0.5, 0.6) is 0 Å². The van der Waals surface area contributed by atoms with E-state index >= 15 is 0 Å². The smallest absolute Gasteiger partial charge is 0.306 e. The van der Waals surface area contributed by atoms with Crippen molar-refractivity contribution in [1.29, 1.82) is 0 Å². The third-order valence-electron chi connectivity index (χ3n) is 5.19. The van der Waals surface area contributed by atoms with E-state index in [9.17, 15) is 9.90 Å². The van der Waals surface area contributed by atoms with Crippen molar-refractivity contribution in [2.45, 2.75) is 56.6 Å². The molecule has 2 aliphatic rings. The Hall–Kier alpha value is -1.40. The van der Waals surface area contributed by atoms with Gasteiger partial charge in [0, 0.05) is 18.9 Å². The van der Waals surface area contributed by atoms with Crippen molar-refractivity contribution < 1.29 is 15.0 Å². The highest BCUT2D eigenvalue weighted by atomic mass is 16.4.